The second-order valence-corrected chi connectivity index (χ2v) is 7.57. The number of carboxylic acid groups (broad SMARTS) is 1. The molecule has 2 heterocycles. The molecule has 0 spiro atoms. The third kappa shape index (κ3) is 6.00. The van der Waals surface area contributed by atoms with Crippen LogP contribution in [0.4, 0.5) is 23.2 Å². The molecule has 0 bridgehead atoms. The van der Waals surface area contributed by atoms with E-state index in [1.807, 2.05) is 36.4 Å². The zero-order chi connectivity index (χ0) is 25.6. The zero-order valence-electron chi connectivity index (χ0n) is 18.1. The number of nitrogens with zero attached hydrogens (tertiary/aromatic N) is 1. The lowest BCUT2D eigenvalue weighted by atomic mass is 9.77. The van der Waals surface area contributed by atoms with Crippen LogP contribution in [0.25, 0.3) is 11.1 Å². The summed E-state index contributed by atoms with van der Waals surface area (Å²) in [5.41, 5.74) is 2.98. The van der Waals surface area contributed by atoms with Gasteiger partial charge in [-0.05, 0) is 41.5 Å². The van der Waals surface area contributed by atoms with Crippen LogP contribution in [-0.4, -0.2) is 46.5 Å². The van der Waals surface area contributed by atoms with Crippen LogP contribution in [0.3, 0.4) is 0 Å². The largest absolute Gasteiger partial charge is 0.490 e. The van der Waals surface area contributed by atoms with Crippen molar-refractivity contribution in [1.82, 2.24) is 4.98 Å². The van der Waals surface area contributed by atoms with Crippen LogP contribution in [0, 0.1) is 5.82 Å². The number of hydrogen-bond donors (Lipinski definition) is 3. The maximum absolute atomic E-state index is 13.1. The number of benzene rings is 2. The van der Waals surface area contributed by atoms with Gasteiger partial charge in [0.2, 0.25) is 5.91 Å². The number of ether oxygens (including phenoxy) is 1. The fourth-order valence-electron chi connectivity index (χ4n) is 3.31. The van der Waals surface area contributed by atoms with Crippen molar-refractivity contribution in [3.63, 3.8) is 0 Å². The Labute approximate surface area is 197 Å². The number of aliphatic carboxylic acids is 1. The van der Waals surface area contributed by atoms with E-state index in [-0.39, 0.29) is 31.5 Å². The molecule has 7 nitrogen and oxygen atoms in total. The van der Waals surface area contributed by atoms with Crippen LogP contribution in [0.2, 0.25) is 0 Å². The number of aromatic nitrogens is 1. The Bertz CT molecular complexity index is 1180. The van der Waals surface area contributed by atoms with E-state index < -0.39 is 17.6 Å². The van der Waals surface area contributed by atoms with Crippen LogP contribution < -0.4 is 5.32 Å². The Morgan fingerprint density at radius 3 is 2.11 bits per heavy atom. The number of amides is 1. The molecule has 3 aromatic rings. The lowest BCUT2D eigenvalue weighted by Gasteiger charge is -2.40. The van der Waals surface area contributed by atoms with E-state index in [4.69, 9.17) is 14.6 Å². The second kappa shape index (κ2) is 10.6. The molecule has 1 aliphatic heterocycles. The van der Waals surface area contributed by atoms with Gasteiger partial charge in [-0.3, -0.25) is 9.78 Å². The van der Waals surface area contributed by atoms with Crippen molar-refractivity contribution in [3.8, 4) is 11.1 Å². The SMILES string of the molecule is O=C(Nc1ccc(F)cc1)C1(c2ccc(-c3cccnc3CO)cc2)COC1.O=C(O)C(F)(F)F. The van der Waals surface area contributed by atoms with Crippen molar-refractivity contribution in [3.05, 3.63) is 83.9 Å². The molecule has 4 rings (SSSR count). The molecule has 0 unspecified atom stereocenters. The fourth-order valence-corrected chi connectivity index (χ4v) is 3.31. The van der Waals surface area contributed by atoms with Gasteiger partial charge in [-0.25, -0.2) is 9.18 Å². The molecule has 184 valence electrons. The predicted octanol–water partition coefficient (Wildman–Crippen LogP) is 3.92. The first-order valence-electron chi connectivity index (χ1n) is 10.2. The van der Waals surface area contributed by atoms with E-state index >= 15 is 0 Å². The van der Waals surface area contributed by atoms with Crippen LogP contribution >= 0.6 is 0 Å². The van der Waals surface area contributed by atoms with Gasteiger partial charge in [0, 0.05) is 17.4 Å². The Morgan fingerprint density at radius 1 is 1.03 bits per heavy atom. The van der Waals surface area contributed by atoms with Crippen LogP contribution in [-0.2, 0) is 26.3 Å². The molecule has 1 amide bonds. The number of halogens is 4. The summed E-state index contributed by atoms with van der Waals surface area (Å²) in [6, 6.07) is 17.0. The number of carboxylic acids is 1. The minimum Gasteiger partial charge on any atom is -0.475 e. The average molecular weight is 492 g/mol. The molecule has 1 aromatic heterocycles. The maximum atomic E-state index is 13.1. The fraction of sp³-hybridized carbons (Fsp3) is 0.208. The average Bonchev–Trinajstić information content (AvgIpc) is 2.80. The van der Waals surface area contributed by atoms with E-state index in [0.717, 1.165) is 16.7 Å². The summed E-state index contributed by atoms with van der Waals surface area (Å²) in [5, 5.41) is 19.5. The highest BCUT2D eigenvalue weighted by molar-refractivity contribution is 6.00. The first-order chi connectivity index (χ1) is 16.6. The smallest absolute Gasteiger partial charge is 0.475 e. The number of alkyl halides is 3. The number of carbonyl (C=O) groups is 2. The molecule has 1 saturated heterocycles. The number of nitrogens with one attached hydrogen (secondary N) is 1. The first kappa shape index (κ1) is 25.8. The van der Waals surface area contributed by atoms with E-state index in [2.05, 4.69) is 10.3 Å². The van der Waals surface area contributed by atoms with Crippen LogP contribution in [0.15, 0.2) is 66.9 Å². The Hall–Kier alpha value is -3.83. The summed E-state index contributed by atoms with van der Waals surface area (Å²) >= 11 is 0. The predicted molar refractivity (Wildman–Crippen MR) is 117 cm³/mol. The minimum absolute atomic E-state index is 0.143. The topological polar surface area (TPSA) is 109 Å². The lowest BCUT2D eigenvalue weighted by molar-refractivity contribution is -0.192. The van der Waals surface area contributed by atoms with Crippen molar-refractivity contribution in [2.45, 2.75) is 18.2 Å². The normalized spacial score (nSPS) is 14.2. The summed E-state index contributed by atoms with van der Waals surface area (Å²) in [6.45, 7) is 0.429. The van der Waals surface area contributed by atoms with Crippen molar-refractivity contribution in [2.24, 2.45) is 0 Å². The first-order valence-corrected chi connectivity index (χ1v) is 10.2. The summed E-state index contributed by atoms with van der Waals surface area (Å²) in [4.78, 5) is 26.0. The quantitative estimate of drug-likeness (QED) is 0.466. The maximum Gasteiger partial charge on any atom is 0.490 e. The summed E-state index contributed by atoms with van der Waals surface area (Å²) in [5.74, 6) is -3.30. The van der Waals surface area contributed by atoms with E-state index in [1.165, 1.54) is 24.3 Å². The molecule has 1 aliphatic rings. The molecule has 2 aromatic carbocycles. The number of carbonyl (C=O) groups excluding carboxylic acids is 1. The minimum atomic E-state index is -5.08. The molecule has 35 heavy (non-hydrogen) atoms. The van der Waals surface area contributed by atoms with E-state index in [9.17, 15) is 27.5 Å². The number of pyridine rings is 1. The van der Waals surface area contributed by atoms with Crippen LogP contribution in [0.5, 0.6) is 0 Å². The molecule has 3 N–H and O–H groups in total. The Kier molecular flexibility index (Phi) is 7.82. The molecular weight excluding hydrogens is 472 g/mol. The van der Waals surface area contributed by atoms with Gasteiger partial charge in [0.1, 0.15) is 11.2 Å². The van der Waals surface area contributed by atoms with Crippen molar-refractivity contribution in [1.29, 1.82) is 0 Å². The lowest BCUT2D eigenvalue weighted by Crippen LogP contribution is -2.55. The van der Waals surface area contributed by atoms with E-state index in [0.29, 0.717) is 11.4 Å². The highest BCUT2D eigenvalue weighted by Crippen LogP contribution is 2.35. The number of aliphatic hydroxyl groups excluding tert-OH is 1. The monoisotopic (exact) mass is 492 g/mol. The molecule has 0 aliphatic carbocycles. The van der Waals surface area contributed by atoms with Crippen molar-refractivity contribution < 1.29 is 42.1 Å². The number of rotatable bonds is 5. The highest BCUT2D eigenvalue weighted by Gasteiger charge is 2.47. The molecule has 0 radical (unpaired) electrons. The Balaban J connectivity index is 0.000000429. The molecule has 0 atom stereocenters. The number of hydrogen-bond acceptors (Lipinski definition) is 5. The summed E-state index contributed by atoms with van der Waals surface area (Å²) in [7, 11) is 0. The zero-order valence-corrected chi connectivity index (χ0v) is 18.1. The van der Waals surface area contributed by atoms with Gasteiger partial charge >= 0.3 is 12.1 Å². The molecule has 11 heteroatoms. The van der Waals surface area contributed by atoms with Crippen molar-refractivity contribution in [2.75, 3.05) is 18.5 Å². The third-order valence-electron chi connectivity index (χ3n) is 5.26. The van der Waals surface area contributed by atoms with Crippen molar-refractivity contribution >= 4 is 17.6 Å². The van der Waals surface area contributed by atoms with Gasteiger partial charge in [-0.1, -0.05) is 30.3 Å². The van der Waals surface area contributed by atoms with Gasteiger partial charge in [0.15, 0.2) is 0 Å². The van der Waals surface area contributed by atoms with Gasteiger partial charge in [0.25, 0.3) is 0 Å². The number of aliphatic hydroxyl groups is 1. The van der Waals surface area contributed by atoms with Crippen LogP contribution in [0.1, 0.15) is 11.3 Å². The highest BCUT2D eigenvalue weighted by atomic mass is 19.4. The van der Waals surface area contributed by atoms with Gasteiger partial charge in [0.05, 0.1) is 25.5 Å². The molecular formula is C24H20F4N2O5. The van der Waals surface area contributed by atoms with Gasteiger partial charge in [-0.15, -0.1) is 0 Å². The second-order valence-electron chi connectivity index (χ2n) is 7.57. The Morgan fingerprint density at radius 2 is 1.63 bits per heavy atom. The molecule has 0 saturated carbocycles. The van der Waals surface area contributed by atoms with E-state index in [1.54, 1.807) is 6.20 Å². The number of anilines is 1. The summed E-state index contributed by atoms with van der Waals surface area (Å²) in [6.07, 6.45) is -3.44. The summed E-state index contributed by atoms with van der Waals surface area (Å²) < 4.78 is 50.2. The van der Waals surface area contributed by atoms with Gasteiger partial charge < -0.3 is 20.3 Å². The van der Waals surface area contributed by atoms with Gasteiger partial charge in [-0.2, -0.15) is 13.2 Å². The third-order valence-corrected chi connectivity index (χ3v) is 5.26. The molecule has 1 fully saturated rings. The standard InChI is InChI=1S/C22H19FN2O3.C2HF3O2/c23-17-7-9-18(10-8-17)25-21(27)22(13-28-14-22)16-5-3-15(4-6-16)19-2-1-11-24-20(19)12-26;3-2(4,5)1(6)7/h1-11,26H,12-14H2,(H,25,27);(H,6,7).